The van der Waals surface area contributed by atoms with Gasteiger partial charge in [0, 0.05) is 0 Å². The fraction of sp³-hybridized carbons (Fsp3) is 0.226. The normalized spacial score (nSPS) is 15.5. The number of rotatable bonds is 8. The summed E-state index contributed by atoms with van der Waals surface area (Å²) in [6, 6.07) is 13.4. The molecule has 1 aliphatic carbocycles. The maximum atomic E-state index is 9.93. The van der Waals surface area contributed by atoms with Crippen molar-refractivity contribution in [3.8, 4) is 11.1 Å². The number of hydrogen-bond donors (Lipinski definition) is 2. The van der Waals surface area contributed by atoms with Gasteiger partial charge < -0.3 is 10.2 Å². The second kappa shape index (κ2) is 9.95. The lowest BCUT2D eigenvalue weighted by molar-refractivity contribution is 0.414. The van der Waals surface area contributed by atoms with Crippen molar-refractivity contribution in [3.63, 3.8) is 0 Å². The maximum absolute atomic E-state index is 9.93. The molecule has 0 amide bonds. The average Bonchev–Trinajstić information content (AvgIpc) is 3.09. The third-order valence-electron chi connectivity index (χ3n) is 6.44. The Bertz CT molecular complexity index is 1140. The molecule has 0 atom stereocenters. The number of fused-ring (bicyclic) bond motifs is 3. The minimum Gasteiger partial charge on any atom is -0.513 e. The molecule has 0 unspecified atom stereocenters. The van der Waals surface area contributed by atoms with Crippen LogP contribution < -0.4 is 0 Å². The Labute approximate surface area is 198 Å². The highest BCUT2D eigenvalue weighted by molar-refractivity contribution is 5.88. The fourth-order valence-electron chi connectivity index (χ4n) is 4.84. The Kier molecular flexibility index (Phi) is 7.28. The van der Waals surface area contributed by atoms with Gasteiger partial charge in [-0.2, -0.15) is 0 Å². The molecule has 0 spiro atoms. The number of benzene rings is 2. The highest BCUT2D eigenvalue weighted by Gasteiger charge is 2.47. The maximum Gasteiger partial charge on any atom is 0.108 e. The van der Waals surface area contributed by atoms with E-state index >= 15 is 0 Å². The summed E-state index contributed by atoms with van der Waals surface area (Å²) < 4.78 is 0. The van der Waals surface area contributed by atoms with Crippen molar-refractivity contribution in [2.45, 2.75) is 46.0 Å². The second-order valence-electron chi connectivity index (χ2n) is 8.42. The van der Waals surface area contributed by atoms with Gasteiger partial charge in [-0.25, -0.2) is 0 Å². The first-order valence-corrected chi connectivity index (χ1v) is 11.5. The first-order valence-electron chi connectivity index (χ1n) is 11.5. The van der Waals surface area contributed by atoms with E-state index in [2.05, 4.69) is 69.5 Å². The van der Waals surface area contributed by atoms with E-state index in [9.17, 15) is 10.2 Å². The van der Waals surface area contributed by atoms with E-state index in [-0.39, 0.29) is 11.5 Å². The first-order chi connectivity index (χ1) is 15.8. The van der Waals surface area contributed by atoms with Crippen molar-refractivity contribution < 1.29 is 10.2 Å². The van der Waals surface area contributed by atoms with Crippen LogP contribution >= 0.6 is 0 Å². The average molecular weight is 439 g/mol. The van der Waals surface area contributed by atoms with E-state index in [4.69, 9.17) is 0 Å². The van der Waals surface area contributed by atoms with Crippen molar-refractivity contribution in [3.05, 3.63) is 131 Å². The van der Waals surface area contributed by atoms with Gasteiger partial charge >= 0.3 is 0 Å². The fourth-order valence-corrected chi connectivity index (χ4v) is 4.84. The van der Waals surface area contributed by atoms with Crippen LogP contribution in [0.4, 0.5) is 0 Å². The largest absolute Gasteiger partial charge is 0.513 e. The molecule has 3 rings (SSSR count). The van der Waals surface area contributed by atoms with Crippen LogP contribution in [-0.4, -0.2) is 10.2 Å². The van der Waals surface area contributed by atoms with E-state index in [0.717, 1.165) is 24.0 Å². The van der Waals surface area contributed by atoms with Crippen molar-refractivity contribution in [2.75, 3.05) is 0 Å². The molecule has 2 nitrogen and oxygen atoms in total. The van der Waals surface area contributed by atoms with Crippen LogP contribution in [0.5, 0.6) is 0 Å². The molecule has 0 aliphatic heterocycles. The van der Waals surface area contributed by atoms with Gasteiger partial charge in [0.25, 0.3) is 0 Å². The molecule has 1 aliphatic rings. The lowest BCUT2D eigenvalue weighted by Crippen LogP contribution is -2.29. The summed E-state index contributed by atoms with van der Waals surface area (Å²) >= 11 is 0. The molecule has 33 heavy (non-hydrogen) atoms. The van der Waals surface area contributed by atoms with Crippen LogP contribution in [0.1, 0.15) is 49.9 Å². The number of aliphatic hydroxyl groups is 2. The molecule has 0 fully saturated rings. The molecular formula is C31H34O2. The van der Waals surface area contributed by atoms with Crippen molar-refractivity contribution in [2.24, 2.45) is 0 Å². The molecule has 0 bridgehead atoms. The molecule has 0 saturated heterocycles. The molecule has 0 radical (unpaired) electrons. The summed E-state index contributed by atoms with van der Waals surface area (Å²) in [6.07, 6.45) is 13.1. The van der Waals surface area contributed by atoms with E-state index < -0.39 is 5.41 Å². The Balaban J connectivity index is 2.53. The summed E-state index contributed by atoms with van der Waals surface area (Å²) in [7, 11) is 0. The van der Waals surface area contributed by atoms with Crippen molar-refractivity contribution in [1.82, 2.24) is 0 Å². The predicted octanol–water partition coefficient (Wildman–Crippen LogP) is 8.23. The van der Waals surface area contributed by atoms with Crippen LogP contribution in [0.3, 0.4) is 0 Å². The van der Waals surface area contributed by atoms with E-state index in [1.165, 1.54) is 33.4 Å². The monoisotopic (exact) mass is 438 g/mol. The zero-order chi connectivity index (χ0) is 24.2. The summed E-state index contributed by atoms with van der Waals surface area (Å²) in [5, 5.41) is 19.8. The van der Waals surface area contributed by atoms with Gasteiger partial charge in [-0.05, 0) is 83.4 Å². The lowest BCUT2D eigenvalue weighted by atomic mass is 9.66. The van der Waals surface area contributed by atoms with Crippen LogP contribution in [0.2, 0.25) is 0 Å². The summed E-state index contributed by atoms with van der Waals surface area (Å²) in [5.74, 6) is 0.229. The SMILES string of the molecule is C=C/C(=C\C=C(/C)O)C1(C(/C=C\C(=C)O)=C/C)c2ccc(CC)cc2-c2cc(CC)ccc21. The van der Waals surface area contributed by atoms with Gasteiger partial charge in [0.1, 0.15) is 5.76 Å². The molecular weight excluding hydrogens is 404 g/mol. The van der Waals surface area contributed by atoms with E-state index in [1.54, 1.807) is 19.1 Å². The van der Waals surface area contributed by atoms with Gasteiger partial charge in [0.15, 0.2) is 0 Å². The van der Waals surface area contributed by atoms with E-state index in [0.29, 0.717) is 0 Å². The van der Waals surface area contributed by atoms with Gasteiger partial charge in [0.05, 0.1) is 11.2 Å². The van der Waals surface area contributed by atoms with Gasteiger partial charge in [-0.3, -0.25) is 0 Å². The van der Waals surface area contributed by atoms with Crippen LogP contribution in [-0.2, 0) is 18.3 Å². The smallest absolute Gasteiger partial charge is 0.108 e. The third-order valence-corrected chi connectivity index (χ3v) is 6.44. The minimum absolute atomic E-state index is 0.000775. The first kappa shape index (κ1) is 24.1. The summed E-state index contributed by atoms with van der Waals surface area (Å²) in [4.78, 5) is 0. The Hall–Kier alpha value is -3.52. The molecule has 2 N–H and O–H groups in total. The van der Waals surface area contributed by atoms with Crippen molar-refractivity contribution in [1.29, 1.82) is 0 Å². The van der Waals surface area contributed by atoms with Gasteiger partial charge in [0.2, 0.25) is 0 Å². The molecule has 2 heteroatoms. The standard InChI is InChI=1S/C31H34O2/c1-7-23-13-17-29-27(19-23)28-20-24(8-2)14-18-30(28)31(29,25(9-3)15-11-21(5)32)26(10-4)16-12-22(6)33/h9-20,32-33H,3,6-8H2,1-2,4-5H3/b16-12-,21-11+,25-15+,26-10+. The second-order valence-corrected chi connectivity index (χ2v) is 8.42. The van der Waals surface area contributed by atoms with Crippen LogP contribution in [0.15, 0.2) is 109 Å². The molecule has 0 saturated carbocycles. The van der Waals surface area contributed by atoms with Crippen LogP contribution in [0, 0.1) is 0 Å². The number of aryl methyl sites for hydroxylation is 2. The molecule has 0 heterocycles. The topological polar surface area (TPSA) is 40.5 Å². The van der Waals surface area contributed by atoms with Crippen molar-refractivity contribution >= 4 is 0 Å². The zero-order valence-electron chi connectivity index (χ0n) is 20.2. The summed E-state index contributed by atoms with van der Waals surface area (Å²) in [6.45, 7) is 15.8. The highest BCUT2D eigenvalue weighted by Crippen LogP contribution is 2.57. The highest BCUT2D eigenvalue weighted by atomic mass is 16.3. The van der Waals surface area contributed by atoms with Crippen LogP contribution in [0.25, 0.3) is 11.1 Å². The molecule has 170 valence electrons. The zero-order valence-corrected chi connectivity index (χ0v) is 20.2. The Morgan fingerprint density at radius 2 is 1.42 bits per heavy atom. The Morgan fingerprint density at radius 1 is 0.879 bits per heavy atom. The third kappa shape index (κ3) is 4.26. The number of aliphatic hydroxyl groups excluding tert-OH is 2. The number of allylic oxidation sites excluding steroid dienone is 9. The quantitative estimate of drug-likeness (QED) is 0.322. The van der Waals surface area contributed by atoms with Gasteiger partial charge in [-0.1, -0.05) is 87.7 Å². The predicted molar refractivity (Wildman–Crippen MR) is 141 cm³/mol. The molecule has 2 aromatic carbocycles. The minimum atomic E-state index is -0.641. The lowest BCUT2D eigenvalue weighted by Gasteiger charge is -2.35. The molecule has 2 aromatic rings. The van der Waals surface area contributed by atoms with E-state index in [1.807, 2.05) is 25.2 Å². The number of hydrogen-bond acceptors (Lipinski definition) is 2. The Morgan fingerprint density at radius 3 is 1.82 bits per heavy atom. The molecule has 0 aromatic heterocycles. The summed E-state index contributed by atoms with van der Waals surface area (Å²) in [5.41, 5.74) is 8.64. The van der Waals surface area contributed by atoms with Gasteiger partial charge in [-0.15, -0.1) is 0 Å².